The van der Waals surface area contributed by atoms with Gasteiger partial charge in [-0.2, -0.15) is 37.9 Å². The molecule has 0 rings (SSSR count). The van der Waals surface area contributed by atoms with Crippen LogP contribution in [0.25, 0.3) is 0 Å². The molecule has 0 fully saturated rings. The van der Waals surface area contributed by atoms with E-state index >= 15 is 0 Å². The molecule has 0 radical (unpaired) electrons. The lowest BCUT2D eigenvalue weighted by Crippen LogP contribution is -2.46. The second kappa shape index (κ2) is 11.4. The van der Waals surface area contributed by atoms with E-state index in [1.54, 1.807) is 14.0 Å². The zero-order valence-electron chi connectivity index (χ0n) is 12.3. The van der Waals surface area contributed by atoms with Crippen molar-refractivity contribution in [3.63, 3.8) is 0 Å². The first-order valence-corrected chi connectivity index (χ1v) is 8.70. The molecule has 0 aromatic rings. The van der Waals surface area contributed by atoms with Gasteiger partial charge in [0.25, 0.3) is 0 Å². The first-order valence-electron chi connectivity index (χ1n) is 6.80. The average molecular weight is 353 g/mol. The van der Waals surface area contributed by atoms with Gasteiger partial charge in [-0.05, 0) is 7.05 Å². The van der Waals surface area contributed by atoms with Gasteiger partial charge in [-0.1, -0.05) is 6.92 Å². The van der Waals surface area contributed by atoms with Gasteiger partial charge >= 0.3 is 0 Å². The van der Waals surface area contributed by atoms with Crippen LogP contribution in [0.15, 0.2) is 0 Å². The predicted molar refractivity (Wildman–Crippen MR) is 94.7 cm³/mol. The van der Waals surface area contributed by atoms with Crippen LogP contribution in [0.4, 0.5) is 0 Å². The Morgan fingerprint density at radius 3 is 1.90 bits per heavy atom. The molecule has 8 heteroatoms. The number of carbonyl (C=O) groups is 3. The summed E-state index contributed by atoms with van der Waals surface area (Å²) in [7, 11) is 1.67. The first-order chi connectivity index (χ1) is 9.94. The van der Waals surface area contributed by atoms with Crippen molar-refractivity contribution in [1.82, 2.24) is 10.6 Å². The van der Waals surface area contributed by atoms with E-state index in [4.69, 9.17) is 0 Å². The molecule has 2 N–H and O–H groups in total. The van der Waals surface area contributed by atoms with Crippen LogP contribution in [0, 0.1) is 5.92 Å². The number of hydrogen-bond acceptors (Lipinski definition) is 7. The van der Waals surface area contributed by atoms with Crippen molar-refractivity contribution in [2.24, 2.45) is 5.92 Å². The molecule has 0 aliphatic rings. The third kappa shape index (κ3) is 7.08. The number of likely N-dealkylation sites (N-methyl/N-ethyl adjacent to an activating group) is 1. The normalized spacial score (nSPS) is 15.1. The minimum Gasteiger partial charge on any atom is -0.345 e. The van der Waals surface area contributed by atoms with Gasteiger partial charge in [0.1, 0.15) is 0 Å². The molecule has 0 bridgehead atoms. The fourth-order valence-corrected chi connectivity index (χ4v) is 2.72. The molecule has 3 unspecified atom stereocenters. The molecule has 5 nitrogen and oxygen atoms in total. The van der Waals surface area contributed by atoms with Gasteiger partial charge in [-0.3, -0.25) is 14.4 Å². The number of thiol groups is 3. The maximum atomic E-state index is 12.2. The molecule has 0 heterocycles. The quantitative estimate of drug-likeness (QED) is 0.349. The average Bonchev–Trinajstić information content (AvgIpc) is 2.50. The summed E-state index contributed by atoms with van der Waals surface area (Å²) in [4.78, 5) is 35.8. The highest BCUT2D eigenvalue weighted by Gasteiger charge is 2.27. The van der Waals surface area contributed by atoms with Crippen molar-refractivity contribution >= 4 is 55.4 Å². The molecule has 0 aromatic heterocycles. The number of amides is 1. The van der Waals surface area contributed by atoms with Crippen LogP contribution in [-0.2, 0) is 14.4 Å². The van der Waals surface area contributed by atoms with E-state index in [0.29, 0.717) is 12.2 Å². The summed E-state index contributed by atoms with van der Waals surface area (Å²) in [5.41, 5.74) is 0. The highest BCUT2D eigenvalue weighted by Crippen LogP contribution is 2.10. The minimum absolute atomic E-state index is 0.0704. The zero-order chi connectivity index (χ0) is 16.4. The van der Waals surface area contributed by atoms with Crippen LogP contribution in [0.1, 0.15) is 19.8 Å². The third-order valence-electron chi connectivity index (χ3n) is 3.19. The molecule has 0 aliphatic heterocycles. The standard InChI is InChI=1S/C13H24N2O3S3/c1-3-11(16)10(7-21)15-13(18)8(5-19)4-12(17)9(6-20)14-2/h8-10,14,19-21H,3-7H2,1-2H3,(H,15,18). The van der Waals surface area contributed by atoms with E-state index in [2.05, 4.69) is 48.5 Å². The number of carbonyl (C=O) groups excluding carboxylic acids is 3. The van der Waals surface area contributed by atoms with Gasteiger partial charge in [-0.15, -0.1) is 0 Å². The molecule has 1 amide bonds. The predicted octanol–water partition coefficient (Wildman–Crippen LogP) is 0.403. The van der Waals surface area contributed by atoms with Crippen molar-refractivity contribution in [1.29, 1.82) is 0 Å². The fraction of sp³-hybridized carbons (Fsp3) is 0.769. The van der Waals surface area contributed by atoms with Gasteiger partial charge in [0.2, 0.25) is 5.91 Å². The summed E-state index contributed by atoms with van der Waals surface area (Å²) in [6, 6.07) is -1.00. The summed E-state index contributed by atoms with van der Waals surface area (Å²) in [6.45, 7) is 1.73. The molecule has 3 atom stereocenters. The third-order valence-corrected chi connectivity index (χ3v) is 4.37. The molecule has 0 spiro atoms. The van der Waals surface area contributed by atoms with Crippen molar-refractivity contribution in [3.05, 3.63) is 0 Å². The van der Waals surface area contributed by atoms with Crippen LogP contribution in [0.3, 0.4) is 0 Å². The summed E-state index contributed by atoms with van der Waals surface area (Å²) >= 11 is 12.3. The Morgan fingerprint density at radius 1 is 0.952 bits per heavy atom. The van der Waals surface area contributed by atoms with Gasteiger partial charge in [0.05, 0.1) is 18.0 Å². The van der Waals surface area contributed by atoms with Gasteiger partial charge in [-0.25, -0.2) is 0 Å². The van der Waals surface area contributed by atoms with Crippen LogP contribution in [0.2, 0.25) is 0 Å². The van der Waals surface area contributed by atoms with Gasteiger partial charge in [0.15, 0.2) is 11.6 Å². The lowest BCUT2D eigenvalue weighted by Gasteiger charge is -2.20. The summed E-state index contributed by atoms with van der Waals surface area (Å²) < 4.78 is 0. The maximum absolute atomic E-state index is 12.2. The van der Waals surface area contributed by atoms with E-state index in [9.17, 15) is 14.4 Å². The number of nitrogens with one attached hydrogen (secondary N) is 2. The molecular formula is C13H24N2O3S3. The highest BCUT2D eigenvalue weighted by molar-refractivity contribution is 7.80. The van der Waals surface area contributed by atoms with E-state index in [-0.39, 0.29) is 41.4 Å². The monoisotopic (exact) mass is 352 g/mol. The van der Waals surface area contributed by atoms with E-state index < -0.39 is 12.0 Å². The van der Waals surface area contributed by atoms with Gasteiger partial charge in [0, 0.05) is 30.1 Å². The smallest absolute Gasteiger partial charge is 0.224 e. The second-order valence-corrected chi connectivity index (χ2v) is 5.73. The topological polar surface area (TPSA) is 75.3 Å². The maximum Gasteiger partial charge on any atom is 0.224 e. The highest BCUT2D eigenvalue weighted by atomic mass is 32.1. The van der Waals surface area contributed by atoms with Crippen LogP contribution in [-0.4, -0.2) is 53.9 Å². The summed E-state index contributed by atoms with van der Waals surface area (Å²) in [5.74, 6) is -0.236. The fourth-order valence-electron chi connectivity index (χ4n) is 1.74. The number of hydrogen-bond donors (Lipinski definition) is 5. The Labute approximate surface area is 142 Å². The Kier molecular flexibility index (Phi) is 11.3. The molecular weight excluding hydrogens is 328 g/mol. The number of ketones is 2. The lowest BCUT2D eigenvalue weighted by molar-refractivity contribution is -0.131. The van der Waals surface area contributed by atoms with Crippen molar-refractivity contribution < 1.29 is 14.4 Å². The number of Topliss-reactive ketones (excluding diaryl/α,β-unsaturated/α-hetero) is 2. The summed E-state index contributed by atoms with van der Waals surface area (Å²) in [6.07, 6.45) is 0.401. The molecule has 21 heavy (non-hydrogen) atoms. The molecule has 122 valence electrons. The Bertz CT molecular complexity index is 363. The zero-order valence-corrected chi connectivity index (χ0v) is 15.0. The van der Waals surface area contributed by atoms with Crippen LogP contribution >= 0.6 is 37.9 Å². The lowest BCUT2D eigenvalue weighted by atomic mass is 9.99. The van der Waals surface area contributed by atoms with Gasteiger partial charge < -0.3 is 10.6 Å². The van der Waals surface area contributed by atoms with Crippen molar-refractivity contribution in [2.45, 2.75) is 31.8 Å². The molecule has 0 saturated heterocycles. The van der Waals surface area contributed by atoms with Crippen molar-refractivity contribution in [3.8, 4) is 0 Å². The van der Waals surface area contributed by atoms with E-state index in [1.165, 1.54) is 0 Å². The summed E-state index contributed by atoms with van der Waals surface area (Å²) in [5, 5.41) is 5.49. The molecule has 0 aromatic carbocycles. The van der Waals surface area contributed by atoms with Crippen LogP contribution in [0.5, 0.6) is 0 Å². The Morgan fingerprint density at radius 2 is 1.52 bits per heavy atom. The SMILES string of the molecule is CCC(=O)C(CS)NC(=O)C(CS)CC(=O)C(CS)NC. The van der Waals surface area contributed by atoms with E-state index in [0.717, 1.165) is 0 Å². The van der Waals surface area contributed by atoms with Crippen molar-refractivity contribution in [2.75, 3.05) is 24.3 Å². The molecule has 0 saturated carbocycles. The number of rotatable bonds is 11. The first kappa shape index (κ1) is 20.8. The second-order valence-electron chi connectivity index (χ2n) is 4.64. The molecule has 0 aliphatic carbocycles. The van der Waals surface area contributed by atoms with Crippen LogP contribution < -0.4 is 10.6 Å². The Hall–Kier alpha value is -0.180. The minimum atomic E-state index is -0.617. The Balaban J connectivity index is 4.68. The van der Waals surface area contributed by atoms with E-state index in [1.807, 2.05) is 0 Å². The largest absolute Gasteiger partial charge is 0.345 e.